The van der Waals surface area contributed by atoms with Crippen LogP contribution in [0.25, 0.3) is 0 Å². The fourth-order valence-electron chi connectivity index (χ4n) is 1.61. The number of aliphatic hydroxyl groups excluding tert-OH is 2. The SMILES string of the molecule is CC(C)(C)c1ccc(C(C)(CO)CO)cc1. The maximum atomic E-state index is 9.31. The van der Waals surface area contributed by atoms with Crippen molar-refractivity contribution in [3.8, 4) is 0 Å². The molecule has 0 aromatic heterocycles. The molecule has 0 fully saturated rings. The summed E-state index contributed by atoms with van der Waals surface area (Å²) in [7, 11) is 0. The summed E-state index contributed by atoms with van der Waals surface area (Å²) in [4.78, 5) is 0. The van der Waals surface area contributed by atoms with E-state index in [4.69, 9.17) is 0 Å². The molecule has 0 spiro atoms. The highest BCUT2D eigenvalue weighted by atomic mass is 16.3. The van der Waals surface area contributed by atoms with Gasteiger partial charge in [0, 0.05) is 5.41 Å². The number of rotatable bonds is 3. The van der Waals surface area contributed by atoms with Crippen LogP contribution in [0.15, 0.2) is 24.3 Å². The first-order valence-electron chi connectivity index (χ1n) is 5.66. The molecule has 1 aromatic carbocycles. The molecule has 0 aliphatic heterocycles. The second-order valence-electron chi connectivity index (χ2n) is 5.70. The first kappa shape index (κ1) is 13.2. The zero-order chi connectivity index (χ0) is 12.4. The minimum Gasteiger partial charge on any atom is -0.395 e. The van der Waals surface area contributed by atoms with E-state index >= 15 is 0 Å². The summed E-state index contributed by atoms with van der Waals surface area (Å²) in [5.41, 5.74) is 1.82. The van der Waals surface area contributed by atoms with E-state index in [1.807, 2.05) is 19.1 Å². The van der Waals surface area contributed by atoms with E-state index in [0.717, 1.165) is 5.56 Å². The van der Waals surface area contributed by atoms with Crippen molar-refractivity contribution in [2.75, 3.05) is 13.2 Å². The van der Waals surface area contributed by atoms with E-state index in [9.17, 15) is 10.2 Å². The van der Waals surface area contributed by atoms with Gasteiger partial charge in [-0.15, -0.1) is 0 Å². The molecule has 0 saturated carbocycles. The van der Waals surface area contributed by atoms with Gasteiger partial charge < -0.3 is 10.2 Å². The highest BCUT2D eigenvalue weighted by Crippen LogP contribution is 2.27. The molecular weight excluding hydrogens is 200 g/mol. The molecule has 0 unspecified atom stereocenters. The van der Waals surface area contributed by atoms with Crippen molar-refractivity contribution in [3.63, 3.8) is 0 Å². The Morgan fingerprint density at radius 2 is 1.19 bits per heavy atom. The summed E-state index contributed by atoms with van der Waals surface area (Å²) in [5, 5.41) is 18.6. The Kier molecular flexibility index (Phi) is 3.76. The molecule has 90 valence electrons. The molecule has 0 amide bonds. The van der Waals surface area contributed by atoms with E-state index < -0.39 is 5.41 Å². The fourth-order valence-corrected chi connectivity index (χ4v) is 1.61. The summed E-state index contributed by atoms with van der Waals surface area (Å²) in [6.45, 7) is 8.27. The Morgan fingerprint density at radius 3 is 1.50 bits per heavy atom. The lowest BCUT2D eigenvalue weighted by molar-refractivity contribution is 0.129. The summed E-state index contributed by atoms with van der Waals surface area (Å²) in [6, 6.07) is 8.12. The van der Waals surface area contributed by atoms with Gasteiger partial charge in [-0.3, -0.25) is 0 Å². The third-order valence-corrected chi connectivity index (χ3v) is 3.15. The largest absolute Gasteiger partial charge is 0.395 e. The lowest BCUT2D eigenvalue weighted by Crippen LogP contribution is -2.31. The third kappa shape index (κ3) is 2.63. The molecule has 2 N–H and O–H groups in total. The molecule has 0 atom stereocenters. The van der Waals surface area contributed by atoms with Crippen LogP contribution in [0.3, 0.4) is 0 Å². The average Bonchev–Trinajstić information content (AvgIpc) is 2.27. The predicted octanol–water partition coefficient (Wildman–Crippen LogP) is 2.23. The second kappa shape index (κ2) is 4.56. The lowest BCUT2D eigenvalue weighted by atomic mass is 9.81. The van der Waals surface area contributed by atoms with Crippen LogP contribution in [0.4, 0.5) is 0 Å². The molecule has 0 bridgehead atoms. The Labute approximate surface area is 97.9 Å². The predicted molar refractivity (Wildman–Crippen MR) is 66.7 cm³/mol. The monoisotopic (exact) mass is 222 g/mol. The van der Waals surface area contributed by atoms with Gasteiger partial charge in [-0.2, -0.15) is 0 Å². The second-order valence-corrected chi connectivity index (χ2v) is 5.70. The Balaban J connectivity index is 3.04. The normalized spacial score (nSPS) is 12.9. The fraction of sp³-hybridized carbons (Fsp3) is 0.571. The summed E-state index contributed by atoms with van der Waals surface area (Å²) < 4.78 is 0. The summed E-state index contributed by atoms with van der Waals surface area (Å²) in [6.07, 6.45) is 0. The van der Waals surface area contributed by atoms with E-state index in [1.54, 1.807) is 0 Å². The van der Waals surface area contributed by atoms with E-state index in [-0.39, 0.29) is 18.6 Å². The van der Waals surface area contributed by atoms with Crippen molar-refractivity contribution in [3.05, 3.63) is 35.4 Å². The highest BCUT2D eigenvalue weighted by Gasteiger charge is 2.25. The Hall–Kier alpha value is -0.860. The van der Waals surface area contributed by atoms with Crippen LogP contribution in [-0.4, -0.2) is 23.4 Å². The molecule has 16 heavy (non-hydrogen) atoms. The van der Waals surface area contributed by atoms with Crippen molar-refractivity contribution < 1.29 is 10.2 Å². The van der Waals surface area contributed by atoms with Gasteiger partial charge in [-0.25, -0.2) is 0 Å². The van der Waals surface area contributed by atoms with Gasteiger partial charge in [0.2, 0.25) is 0 Å². The minimum absolute atomic E-state index is 0.0433. The van der Waals surface area contributed by atoms with Crippen molar-refractivity contribution in [2.45, 2.75) is 38.5 Å². The van der Waals surface area contributed by atoms with Crippen LogP contribution in [0.5, 0.6) is 0 Å². The number of hydrogen-bond acceptors (Lipinski definition) is 2. The van der Waals surface area contributed by atoms with E-state index in [2.05, 4.69) is 32.9 Å². The van der Waals surface area contributed by atoms with Crippen molar-refractivity contribution >= 4 is 0 Å². The molecule has 1 rings (SSSR count). The van der Waals surface area contributed by atoms with Crippen LogP contribution in [-0.2, 0) is 10.8 Å². The van der Waals surface area contributed by atoms with Gasteiger partial charge in [-0.1, -0.05) is 52.0 Å². The Morgan fingerprint density at radius 1 is 0.812 bits per heavy atom. The minimum atomic E-state index is -0.545. The standard InChI is InChI=1S/C14H22O2/c1-13(2,3)11-5-7-12(8-6-11)14(4,9-15)10-16/h5-8,15-16H,9-10H2,1-4H3. The lowest BCUT2D eigenvalue weighted by Gasteiger charge is -2.26. The Bertz CT molecular complexity index is 329. The van der Waals surface area contributed by atoms with Gasteiger partial charge in [0.1, 0.15) is 0 Å². The van der Waals surface area contributed by atoms with Crippen LogP contribution >= 0.6 is 0 Å². The van der Waals surface area contributed by atoms with Gasteiger partial charge in [0.15, 0.2) is 0 Å². The zero-order valence-electron chi connectivity index (χ0n) is 10.6. The summed E-state index contributed by atoms with van der Waals surface area (Å²) >= 11 is 0. The van der Waals surface area contributed by atoms with Crippen molar-refractivity contribution in [1.82, 2.24) is 0 Å². The quantitative estimate of drug-likeness (QED) is 0.823. The van der Waals surface area contributed by atoms with E-state index in [0.29, 0.717) is 0 Å². The first-order valence-corrected chi connectivity index (χ1v) is 5.66. The van der Waals surface area contributed by atoms with Crippen LogP contribution in [0.2, 0.25) is 0 Å². The van der Waals surface area contributed by atoms with Crippen LogP contribution in [0, 0.1) is 0 Å². The highest BCUT2D eigenvalue weighted by molar-refractivity contribution is 5.32. The van der Waals surface area contributed by atoms with Gasteiger partial charge in [-0.05, 0) is 16.5 Å². The number of benzene rings is 1. The van der Waals surface area contributed by atoms with Crippen LogP contribution in [0.1, 0.15) is 38.8 Å². The van der Waals surface area contributed by atoms with Crippen LogP contribution < -0.4 is 0 Å². The average molecular weight is 222 g/mol. The molecule has 2 nitrogen and oxygen atoms in total. The van der Waals surface area contributed by atoms with Gasteiger partial charge in [0.05, 0.1) is 13.2 Å². The molecule has 0 aliphatic carbocycles. The molecular formula is C14H22O2. The molecule has 0 saturated heterocycles. The van der Waals surface area contributed by atoms with Gasteiger partial charge in [0.25, 0.3) is 0 Å². The van der Waals surface area contributed by atoms with Crippen molar-refractivity contribution in [2.24, 2.45) is 0 Å². The first-order chi connectivity index (χ1) is 7.33. The topological polar surface area (TPSA) is 40.5 Å². The van der Waals surface area contributed by atoms with Gasteiger partial charge >= 0.3 is 0 Å². The maximum absolute atomic E-state index is 9.31. The van der Waals surface area contributed by atoms with Crippen molar-refractivity contribution in [1.29, 1.82) is 0 Å². The maximum Gasteiger partial charge on any atom is 0.0547 e. The molecule has 0 aliphatic rings. The number of aliphatic hydroxyl groups is 2. The summed E-state index contributed by atoms with van der Waals surface area (Å²) in [5.74, 6) is 0. The zero-order valence-corrected chi connectivity index (χ0v) is 10.6. The third-order valence-electron chi connectivity index (χ3n) is 3.15. The molecule has 1 aromatic rings. The van der Waals surface area contributed by atoms with E-state index in [1.165, 1.54) is 5.56 Å². The molecule has 0 heterocycles. The smallest absolute Gasteiger partial charge is 0.0547 e. The number of hydrogen-bond donors (Lipinski definition) is 2. The molecule has 2 heteroatoms. The molecule has 0 radical (unpaired) electrons.